The van der Waals surface area contributed by atoms with Gasteiger partial charge in [-0.2, -0.15) is 0 Å². The van der Waals surface area contributed by atoms with Gasteiger partial charge in [0.25, 0.3) is 5.88 Å². The van der Waals surface area contributed by atoms with Crippen LogP contribution in [0.15, 0.2) is 30.6 Å². The molecule has 102 valence electrons. The summed E-state index contributed by atoms with van der Waals surface area (Å²) in [7, 11) is 1.53. The molecule has 0 saturated heterocycles. The van der Waals surface area contributed by atoms with Crippen LogP contribution in [0.3, 0.4) is 0 Å². The van der Waals surface area contributed by atoms with Gasteiger partial charge in [0.05, 0.1) is 12.1 Å². The van der Waals surface area contributed by atoms with Crippen LogP contribution in [0.2, 0.25) is 5.02 Å². The van der Waals surface area contributed by atoms with Crippen molar-refractivity contribution in [3.05, 3.63) is 46.9 Å². The Balaban J connectivity index is 2.00. The number of ether oxygens (including phenoxy) is 2. The van der Waals surface area contributed by atoms with Gasteiger partial charge in [0.15, 0.2) is 12.4 Å². The molecule has 2 rings (SSSR count). The zero-order chi connectivity index (χ0) is 14.4. The number of methoxy groups -OCH3 is 1. The molecule has 20 heavy (non-hydrogen) atoms. The first-order valence-corrected chi connectivity index (χ1v) is 6.30. The van der Waals surface area contributed by atoms with E-state index in [0.717, 1.165) is 5.56 Å². The van der Waals surface area contributed by atoms with Gasteiger partial charge in [-0.15, -0.1) is 0 Å². The third-order valence-corrected chi connectivity index (χ3v) is 2.62. The molecule has 0 aliphatic rings. The molecule has 5 heteroatoms. The molecular formula is C15H13ClN2O2. The van der Waals surface area contributed by atoms with Crippen LogP contribution in [-0.2, 0) is 0 Å². The fraction of sp³-hybridized carbons (Fsp3) is 0.200. The molecule has 2 heterocycles. The highest BCUT2D eigenvalue weighted by Crippen LogP contribution is 2.26. The van der Waals surface area contributed by atoms with Crippen LogP contribution in [0.5, 0.6) is 11.6 Å². The summed E-state index contributed by atoms with van der Waals surface area (Å²) in [5.74, 6) is 6.65. The predicted octanol–water partition coefficient (Wildman–Crippen LogP) is 2.88. The van der Waals surface area contributed by atoms with E-state index in [0.29, 0.717) is 22.3 Å². The Morgan fingerprint density at radius 2 is 2.15 bits per heavy atom. The summed E-state index contributed by atoms with van der Waals surface area (Å²) in [5.41, 5.74) is 1.83. The lowest BCUT2D eigenvalue weighted by atomic mass is 10.2. The molecule has 2 aromatic rings. The Morgan fingerprint density at radius 3 is 2.90 bits per heavy atom. The van der Waals surface area contributed by atoms with Crippen LogP contribution in [0, 0.1) is 18.8 Å². The molecule has 0 aliphatic carbocycles. The highest BCUT2D eigenvalue weighted by atomic mass is 35.5. The minimum absolute atomic E-state index is 0.195. The highest BCUT2D eigenvalue weighted by molar-refractivity contribution is 6.30. The lowest BCUT2D eigenvalue weighted by molar-refractivity contribution is 0.318. The van der Waals surface area contributed by atoms with Gasteiger partial charge >= 0.3 is 0 Å². The number of hydrogen-bond acceptors (Lipinski definition) is 4. The summed E-state index contributed by atoms with van der Waals surface area (Å²) in [6.45, 7) is 2.19. The van der Waals surface area contributed by atoms with Crippen LogP contribution in [0.25, 0.3) is 0 Å². The quantitative estimate of drug-likeness (QED) is 0.815. The van der Waals surface area contributed by atoms with Gasteiger partial charge in [0.1, 0.15) is 5.69 Å². The molecule has 0 spiro atoms. The van der Waals surface area contributed by atoms with E-state index in [4.69, 9.17) is 21.1 Å². The summed E-state index contributed by atoms with van der Waals surface area (Å²) < 4.78 is 10.6. The molecule has 0 aromatic carbocycles. The van der Waals surface area contributed by atoms with Gasteiger partial charge in [-0.05, 0) is 30.5 Å². The third kappa shape index (κ3) is 3.87. The smallest absolute Gasteiger partial charge is 0.258 e. The lowest BCUT2D eigenvalue weighted by Crippen LogP contribution is -1.99. The van der Waals surface area contributed by atoms with Crippen molar-refractivity contribution in [2.75, 3.05) is 13.7 Å². The minimum Gasteiger partial charge on any atom is -0.491 e. The Morgan fingerprint density at radius 1 is 1.30 bits per heavy atom. The molecule has 0 unspecified atom stereocenters. The second-order valence-electron chi connectivity index (χ2n) is 3.97. The standard InChI is InChI=1S/C15H13ClN2O2/c1-11-5-6-17-13(8-11)4-3-7-20-15-14(19-2)9-12(16)10-18-15/h5-6,8-10H,7H2,1-2H3. The van der Waals surface area contributed by atoms with E-state index in [1.165, 1.54) is 13.3 Å². The van der Waals surface area contributed by atoms with Gasteiger partial charge < -0.3 is 9.47 Å². The minimum atomic E-state index is 0.195. The van der Waals surface area contributed by atoms with Crippen LogP contribution in [-0.4, -0.2) is 23.7 Å². The Labute approximate surface area is 122 Å². The van der Waals surface area contributed by atoms with Crippen molar-refractivity contribution in [3.8, 4) is 23.5 Å². The molecule has 0 N–H and O–H groups in total. The number of nitrogens with zero attached hydrogens (tertiary/aromatic N) is 2. The van der Waals surface area contributed by atoms with Crippen LogP contribution in [0.4, 0.5) is 0 Å². The molecule has 0 amide bonds. The first-order valence-electron chi connectivity index (χ1n) is 5.93. The topological polar surface area (TPSA) is 44.2 Å². The SMILES string of the molecule is COc1cc(Cl)cnc1OCC#Cc1cc(C)ccn1. The van der Waals surface area contributed by atoms with Crippen molar-refractivity contribution in [1.29, 1.82) is 0 Å². The number of hydrogen-bond donors (Lipinski definition) is 0. The largest absolute Gasteiger partial charge is 0.491 e. The number of pyridine rings is 2. The normalized spacial score (nSPS) is 9.55. The van der Waals surface area contributed by atoms with Crippen molar-refractivity contribution in [1.82, 2.24) is 9.97 Å². The van der Waals surface area contributed by atoms with Gasteiger partial charge in [0.2, 0.25) is 0 Å². The van der Waals surface area contributed by atoms with Crippen LogP contribution in [0.1, 0.15) is 11.3 Å². The molecule has 0 radical (unpaired) electrons. The van der Waals surface area contributed by atoms with Crippen molar-refractivity contribution in [2.24, 2.45) is 0 Å². The number of aryl methyl sites for hydroxylation is 1. The summed E-state index contributed by atoms with van der Waals surface area (Å²) >= 11 is 5.82. The summed E-state index contributed by atoms with van der Waals surface area (Å²) in [5, 5.41) is 0.490. The predicted molar refractivity (Wildman–Crippen MR) is 77.1 cm³/mol. The van der Waals surface area contributed by atoms with E-state index in [2.05, 4.69) is 21.8 Å². The fourth-order valence-electron chi connectivity index (χ4n) is 1.50. The summed E-state index contributed by atoms with van der Waals surface area (Å²) in [4.78, 5) is 8.19. The van der Waals surface area contributed by atoms with Crippen LogP contribution < -0.4 is 9.47 Å². The van der Waals surface area contributed by atoms with E-state index in [-0.39, 0.29) is 6.61 Å². The third-order valence-electron chi connectivity index (χ3n) is 2.42. The number of halogens is 1. The Bertz CT molecular complexity index is 662. The molecule has 2 aromatic heterocycles. The lowest BCUT2D eigenvalue weighted by Gasteiger charge is -2.06. The molecule has 0 atom stereocenters. The molecular weight excluding hydrogens is 276 g/mol. The molecule has 0 saturated carbocycles. The first-order chi connectivity index (χ1) is 9.69. The summed E-state index contributed by atoms with van der Waals surface area (Å²) in [6.07, 6.45) is 3.22. The van der Waals surface area contributed by atoms with Gasteiger partial charge in [-0.3, -0.25) is 0 Å². The van der Waals surface area contributed by atoms with Gasteiger partial charge in [-0.25, -0.2) is 9.97 Å². The van der Waals surface area contributed by atoms with E-state index in [1.807, 2.05) is 19.1 Å². The van der Waals surface area contributed by atoms with Crippen molar-refractivity contribution < 1.29 is 9.47 Å². The van der Waals surface area contributed by atoms with Gasteiger partial charge in [-0.1, -0.05) is 17.5 Å². The van der Waals surface area contributed by atoms with Crippen molar-refractivity contribution >= 4 is 11.6 Å². The second kappa shape index (κ2) is 6.78. The Kier molecular flexibility index (Phi) is 4.80. The maximum absolute atomic E-state index is 5.82. The molecule has 4 nitrogen and oxygen atoms in total. The monoisotopic (exact) mass is 288 g/mol. The van der Waals surface area contributed by atoms with Gasteiger partial charge in [0, 0.05) is 18.5 Å². The Hall–Kier alpha value is -2.25. The maximum Gasteiger partial charge on any atom is 0.258 e. The van der Waals surface area contributed by atoms with Crippen molar-refractivity contribution in [3.63, 3.8) is 0 Å². The zero-order valence-corrected chi connectivity index (χ0v) is 11.9. The molecule has 0 fully saturated rings. The first kappa shape index (κ1) is 14.2. The van der Waals surface area contributed by atoms with E-state index >= 15 is 0 Å². The number of rotatable bonds is 3. The average molecular weight is 289 g/mol. The van der Waals surface area contributed by atoms with Crippen LogP contribution >= 0.6 is 11.6 Å². The average Bonchev–Trinajstić information content (AvgIpc) is 2.45. The highest BCUT2D eigenvalue weighted by Gasteiger charge is 2.05. The van der Waals surface area contributed by atoms with E-state index < -0.39 is 0 Å². The zero-order valence-electron chi connectivity index (χ0n) is 11.2. The van der Waals surface area contributed by atoms with E-state index in [1.54, 1.807) is 12.3 Å². The molecule has 0 bridgehead atoms. The van der Waals surface area contributed by atoms with Crippen molar-refractivity contribution in [2.45, 2.75) is 6.92 Å². The second-order valence-corrected chi connectivity index (χ2v) is 4.41. The summed E-state index contributed by atoms with van der Waals surface area (Å²) in [6, 6.07) is 5.47. The van der Waals surface area contributed by atoms with E-state index in [9.17, 15) is 0 Å². The fourth-order valence-corrected chi connectivity index (χ4v) is 1.65. The number of aromatic nitrogens is 2. The maximum atomic E-state index is 5.82. The molecule has 0 aliphatic heterocycles.